The predicted octanol–water partition coefficient (Wildman–Crippen LogP) is 2.45. The number of aliphatic hydroxyl groups is 1. The van der Waals surface area contributed by atoms with Crippen molar-refractivity contribution in [3.63, 3.8) is 0 Å². The molecule has 166 valence electrons. The molecule has 1 amide bonds. The summed E-state index contributed by atoms with van der Waals surface area (Å²) in [5.74, 6) is 2.06. The van der Waals surface area contributed by atoms with Gasteiger partial charge in [-0.3, -0.25) is 9.69 Å². The van der Waals surface area contributed by atoms with Crippen molar-refractivity contribution in [3.05, 3.63) is 18.2 Å². The van der Waals surface area contributed by atoms with Gasteiger partial charge in [-0.05, 0) is 50.9 Å². The zero-order valence-corrected chi connectivity index (χ0v) is 18.1. The van der Waals surface area contributed by atoms with E-state index < -0.39 is 6.10 Å². The summed E-state index contributed by atoms with van der Waals surface area (Å²) in [5, 5.41) is 10.8. The summed E-state index contributed by atoms with van der Waals surface area (Å²) < 4.78 is 16.7. The molecule has 2 aliphatic heterocycles. The summed E-state index contributed by atoms with van der Waals surface area (Å²) in [6.45, 7) is 2.98. The van der Waals surface area contributed by atoms with E-state index in [4.69, 9.17) is 14.2 Å². The summed E-state index contributed by atoms with van der Waals surface area (Å²) in [6.07, 6.45) is 6.03. The topological polar surface area (TPSA) is 71.5 Å². The summed E-state index contributed by atoms with van der Waals surface area (Å²) in [6, 6.07) is 5.37. The Kier molecular flexibility index (Phi) is 6.39. The van der Waals surface area contributed by atoms with E-state index in [-0.39, 0.29) is 17.6 Å². The lowest BCUT2D eigenvalue weighted by Gasteiger charge is -2.44. The second kappa shape index (κ2) is 9.02. The largest absolute Gasteiger partial charge is 0.493 e. The maximum absolute atomic E-state index is 13.6. The van der Waals surface area contributed by atoms with E-state index >= 15 is 0 Å². The molecule has 1 aromatic carbocycles. The SMILES string of the molecule is COc1ccc(O[C@@H]2CCN(C(=O)C3(N4CCCC4)CCCC3)C[C@H]2O)cc1OC. The average Bonchev–Trinajstić information content (AvgIpc) is 3.47. The first-order valence-corrected chi connectivity index (χ1v) is 11.2. The van der Waals surface area contributed by atoms with Gasteiger partial charge in [0.15, 0.2) is 11.5 Å². The Morgan fingerprint density at radius 1 is 1.03 bits per heavy atom. The van der Waals surface area contributed by atoms with Gasteiger partial charge >= 0.3 is 0 Å². The van der Waals surface area contributed by atoms with Gasteiger partial charge in [-0.15, -0.1) is 0 Å². The highest BCUT2D eigenvalue weighted by molar-refractivity contribution is 5.87. The molecular formula is C23H34N2O5. The molecule has 0 aromatic heterocycles. The molecule has 1 saturated carbocycles. The minimum Gasteiger partial charge on any atom is -0.493 e. The Morgan fingerprint density at radius 3 is 2.37 bits per heavy atom. The van der Waals surface area contributed by atoms with Gasteiger partial charge in [0.25, 0.3) is 0 Å². The van der Waals surface area contributed by atoms with Crippen LogP contribution in [0, 0.1) is 0 Å². The van der Waals surface area contributed by atoms with Gasteiger partial charge in [0, 0.05) is 19.0 Å². The summed E-state index contributed by atoms with van der Waals surface area (Å²) in [7, 11) is 3.17. The number of carbonyl (C=O) groups is 1. The maximum atomic E-state index is 13.6. The summed E-state index contributed by atoms with van der Waals surface area (Å²) in [4.78, 5) is 17.9. The van der Waals surface area contributed by atoms with Crippen molar-refractivity contribution >= 4 is 5.91 Å². The van der Waals surface area contributed by atoms with Crippen LogP contribution in [0.3, 0.4) is 0 Å². The molecule has 0 unspecified atom stereocenters. The van der Waals surface area contributed by atoms with Crippen LogP contribution in [-0.4, -0.2) is 79.0 Å². The molecule has 3 aliphatic rings. The zero-order valence-electron chi connectivity index (χ0n) is 18.1. The Morgan fingerprint density at radius 2 is 1.73 bits per heavy atom. The number of aliphatic hydroxyl groups excluding tert-OH is 1. The number of hydrogen-bond donors (Lipinski definition) is 1. The molecular weight excluding hydrogens is 384 g/mol. The lowest BCUT2D eigenvalue weighted by Crippen LogP contribution is -2.61. The van der Waals surface area contributed by atoms with E-state index in [0.29, 0.717) is 36.8 Å². The van der Waals surface area contributed by atoms with Gasteiger partial charge in [0.1, 0.15) is 23.5 Å². The Balaban J connectivity index is 1.41. The molecule has 7 nitrogen and oxygen atoms in total. The van der Waals surface area contributed by atoms with Gasteiger partial charge in [0.2, 0.25) is 5.91 Å². The number of hydrogen-bond acceptors (Lipinski definition) is 6. The van der Waals surface area contributed by atoms with Gasteiger partial charge in [-0.1, -0.05) is 12.8 Å². The number of benzene rings is 1. The van der Waals surface area contributed by atoms with Crippen LogP contribution in [0.1, 0.15) is 44.9 Å². The van der Waals surface area contributed by atoms with Crippen LogP contribution in [-0.2, 0) is 4.79 Å². The number of β-amino-alcohol motifs (C(OH)–C–C–N with tert-alkyl or cyclic N) is 1. The maximum Gasteiger partial charge on any atom is 0.243 e. The molecule has 1 aliphatic carbocycles. The van der Waals surface area contributed by atoms with Gasteiger partial charge < -0.3 is 24.2 Å². The fourth-order valence-electron chi connectivity index (χ4n) is 5.36. The number of carbonyl (C=O) groups excluding carboxylic acids is 1. The third-order valence-electron chi connectivity index (χ3n) is 6.99. The second-order valence-corrected chi connectivity index (χ2v) is 8.71. The fraction of sp³-hybridized carbons (Fsp3) is 0.696. The van der Waals surface area contributed by atoms with Crippen LogP contribution in [0.2, 0.25) is 0 Å². The van der Waals surface area contributed by atoms with Crippen LogP contribution in [0.15, 0.2) is 18.2 Å². The molecule has 7 heteroatoms. The van der Waals surface area contributed by atoms with E-state index in [1.54, 1.807) is 26.4 Å². The van der Waals surface area contributed by atoms with Crippen LogP contribution in [0.25, 0.3) is 0 Å². The van der Waals surface area contributed by atoms with E-state index in [1.807, 2.05) is 11.0 Å². The van der Waals surface area contributed by atoms with Crippen molar-refractivity contribution in [2.75, 3.05) is 40.4 Å². The molecule has 0 spiro atoms. The molecule has 3 fully saturated rings. The first kappa shape index (κ1) is 21.2. The monoisotopic (exact) mass is 418 g/mol. The van der Waals surface area contributed by atoms with E-state index in [9.17, 15) is 9.90 Å². The average molecular weight is 419 g/mol. The molecule has 0 radical (unpaired) electrons. The van der Waals surface area contributed by atoms with Crippen molar-refractivity contribution in [2.45, 2.75) is 62.7 Å². The van der Waals surface area contributed by atoms with Crippen molar-refractivity contribution in [1.82, 2.24) is 9.80 Å². The van der Waals surface area contributed by atoms with Crippen LogP contribution in [0.4, 0.5) is 0 Å². The predicted molar refractivity (Wildman–Crippen MR) is 113 cm³/mol. The summed E-state index contributed by atoms with van der Waals surface area (Å²) >= 11 is 0. The third-order valence-corrected chi connectivity index (χ3v) is 6.99. The van der Waals surface area contributed by atoms with E-state index in [1.165, 1.54) is 12.8 Å². The number of rotatable bonds is 6. The fourth-order valence-corrected chi connectivity index (χ4v) is 5.36. The number of nitrogens with zero attached hydrogens (tertiary/aromatic N) is 2. The van der Waals surface area contributed by atoms with Crippen molar-refractivity contribution in [2.24, 2.45) is 0 Å². The van der Waals surface area contributed by atoms with E-state index in [0.717, 1.165) is 38.8 Å². The van der Waals surface area contributed by atoms with Crippen LogP contribution >= 0.6 is 0 Å². The van der Waals surface area contributed by atoms with Gasteiger partial charge in [0.05, 0.1) is 20.8 Å². The highest BCUT2D eigenvalue weighted by Gasteiger charge is 2.49. The molecule has 0 bridgehead atoms. The normalized spacial score (nSPS) is 26.6. The Bertz CT molecular complexity index is 743. The minimum atomic E-state index is -0.715. The van der Waals surface area contributed by atoms with Crippen LogP contribution < -0.4 is 14.2 Å². The first-order valence-electron chi connectivity index (χ1n) is 11.2. The van der Waals surface area contributed by atoms with Crippen LogP contribution in [0.5, 0.6) is 17.2 Å². The Labute approximate surface area is 178 Å². The smallest absolute Gasteiger partial charge is 0.243 e. The van der Waals surface area contributed by atoms with Gasteiger partial charge in [-0.25, -0.2) is 0 Å². The van der Waals surface area contributed by atoms with Crippen molar-refractivity contribution in [3.8, 4) is 17.2 Å². The quantitative estimate of drug-likeness (QED) is 0.765. The molecule has 1 aromatic rings. The molecule has 2 saturated heterocycles. The van der Waals surface area contributed by atoms with Crippen molar-refractivity contribution < 1.29 is 24.1 Å². The number of likely N-dealkylation sites (tertiary alicyclic amines) is 2. The molecule has 2 atom stereocenters. The second-order valence-electron chi connectivity index (χ2n) is 8.71. The van der Waals surface area contributed by atoms with E-state index in [2.05, 4.69) is 4.90 Å². The molecule has 2 heterocycles. The number of piperidine rings is 1. The lowest BCUT2D eigenvalue weighted by molar-refractivity contribution is -0.149. The molecule has 4 rings (SSSR count). The number of amides is 1. The standard InChI is InChI=1S/C23H34N2O5/c1-28-20-8-7-17(15-21(20)29-2)30-19-9-14-24(16-18(19)26)22(27)23(10-3-4-11-23)25-12-5-6-13-25/h7-8,15,18-19,26H,3-6,9-14,16H2,1-2H3/t18-,19-/m1/s1. The van der Waals surface area contributed by atoms with Gasteiger partial charge in [-0.2, -0.15) is 0 Å². The third kappa shape index (κ3) is 3.97. The molecule has 30 heavy (non-hydrogen) atoms. The highest BCUT2D eigenvalue weighted by Crippen LogP contribution is 2.40. The van der Waals surface area contributed by atoms with Crippen molar-refractivity contribution in [1.29, 1.82) is 0 Å². The minimum absolute atomic E-state index is 0.213. The molecule has 1 N–H and O–H groups in total. The highest BCUT2D eigenvalue weighted by atomic mass is 16.5. The Hall–Kier alpha value is -1.99. The zero-order chi connectivity index (χ0) is 21.1. The lowest BCUT2D eigenvalue weighted by atomic mass is 9.91. The number of methoxy groups -OCH3 is 2. The summed E-state index contributed by atoms with van der Waals surface area (Å²) in [5.41, 5.74) is -0.340. The first-order chi connectivity index (χ1) is 14.6. The number of ether oxygens (including phenoxy) is 3.